The first-order valence-electron chi connectivity index (χ1n) is 6.51. The fourth-order valence-electron chi connectivity index (χ4n) is 2.71. The van der Waals surface area contributed by atoms with Crippen LogP contribution in [0.5, 0.6) is 11.5 Å². The van der Waals surface area contributed by atoms with Crippen molar-refractivity contribution >= 4 is 0 Å². The van der Waals surface area contributed by atoms with E-state index in [9.17, 15) is 5.11 Å². The van der Waals surface area contributed by atoms with Gasteiger partial charge in [0.25, 0.3) is 0 Å². The second-order valence-corrected chi connectivity index (χ2v) is 5.56. The van der Waals surface area contributed by atoms with E-state index in [1.807, 2.05) is 27.7 Å². The van der Waals surface area contributed by atoms with Crippen LogP contribution in [0.15, 0.2) is 0 Å². The van der Waals surface area contributed by atoms with Gasteiger partial charge in [-0.15, -0.1) is 0 Å². The van der Waals surface area contributed by atoms with Gasteiger partial charge in [0.05, 0.1) is 0 Å². The minimum Gasteiger partial charge on any atom is -0.507 e. The van der Waals surface area contributed by atoms with E-state index in [4.69, 9.17) is 9.84 Å². The third-order valence-electron chi connectivity index (χ3n) is 4.23. The zero-order chi connectivity index (χ0) is 13.5. The normalized spacial score (nSPS) is 22.5. The van der Waals surface area contributed by atoms with Crippen LogP contribution in [-0.2, 0) is 6.42 Å². The Kier molecular flexibility index (Phi) is 3.28. The molecule has 0 unspecified atom stereocenters. The first-order chi connectivity index (χ1) is 8.39. The molecule has 1 aliphatic heterocycles. The highest BCUT2D eigenvalue weighted by molar-refractivity contribution is 5.58. The average molecular weight is 250 g/mol. The van der Waals surface area contributed by atoms with E-state index >= 15 is 0 Å². The quantitative estimate of drug-likeness (QED) is 0.848. The molecule has 0 aromatic heterocycles. The number of ether oxygens (including phenoxy) is 1. The highest BCUT2D eigenvalue weighted by Gasteiger charge is 2.33. The van der Waals surface area contributed by atoms with Crippen molar-refractivity contribution < 1.29 is 14.9 Å². The van der Waals surface area contributed by atoms with Gasteiger partial charge in [-0.2, -0.15) is 0 Å². The van der Waals surface area contributed by atoms with E-state index in [0.717, 1.165) is 40.8 Å². The van der Waals surface area contributed by atoms with Crippen LogP contribution in [0.1, 0.15) is 42.0 Å². The fraction of sp³-hybridized carbons (Fsp3) is 0.600. The van der Waals surface area contributed by atoms with Gasteiger partial charge in [0.15, 0.2) is 0 Å². The number of fused-ring (bicyclic) bond motifs is 1. The first kappa shape index (κ1) is 13.2. The van der Waals surface area contributed by atoms with Crippen molar-refractivity contribution in [3.8, 4) is 11.5 Å². The smallest absolute Gasteiger partial charge is 0.127 e. The summed E-state index contributed by atoms with van der Waals surface area (Å²) < 4.78 is 6.14. The molecule has 3 nitrogen and oxygen atoms in total. The molecule has 0 bridgehead atoms. The molecular weight excluding hydrogens is 228 g/mol. The van der Waals surface area contributed by atoms with E-state index in [1.165, 1.54) is 0 Å². The molecule has 0 saturated carbocycles. The molecule has 1 heterocycles. The Hall–Kier alpha value is -1.22. The maximum Gasteiger partial charge on any atom is 0.127 e. The topological polar surface area (TPSA) is 49.7 Å². The molecule has 1 aliphatic rings. The molecule has 0 saturated heterocycles. The van der Waals surface area contributed by atoms with E-state index in [1.54, 1.807) is 0 Å². The number of aliphatic hydroxyl groups is 1. The van der Waals surface area contributed by atoms with Gasteiger partial charge in [0.1, 0.15) is 17.1 Å². The highest BCUT2D eigenvalue weighted by atomic mass is 16.5. The van der Waals surface area contributed by atoms with E-state index < -0.39 is 0 Å². The molecule has 0 aliphatic carbocycles. The van der Waals surface area contributed by atoms with E-state index in [0.29, 0.717) is 12.2 Å². The monoisotopic (exact) mass is 250 g/mol. The van der Waals surface area contributed by atoms with Crippen molar-refractivity contribution in [3.05, 3.63) is 22.3 Å². The van der Waals surface area contributed by atoms with Crippen LogP contribution in [0.25, 0.3) is 0 Å². The van der Waals surface area contributed by atoms with Gasteiger partial charge in [-0.25, -0.2) is 0 Å². The Labute approximate surface area is 108 Å². The van der Waals surface area contributed by atoms with Crippen LogP contribution in [0, 0.1) is 20.8 Å². The number of phenols is 1. The van der Waals surface area contributed by atoms with E-state index in [2.05, 4.69) is 0 Å². The summed E-state index contributed by atoms with van der Waals surface area (Å²) in [7, 11) is 0. The molecule has 1 atom stereocenters. The number of hydrogen-bond donors (Lipinski definition) is 2. The van der Waals surface area contributed by atoms with Crippen LogP contribution in [0.2, 0.25) is 0 Å². The van der Waals surface area contributed by atoms with Crippen molar-refractivity contribution in [2.75, 3.05) is 6.61 Å². The Balaban J connectivity index is 2.50. The predicted octanol–water partition coefficient (Wildman–Crippen LogP) is 2.78. The van der Waals surface area contributed by atoms with Crippen molar-refractivity contribution in [3.63, 3.8) is 0 Å². The van der Waals surface area contributed by atoms with Crippen molar-refractivity contribution in [2.45, 2.75) is 52.6 Å². The number of rotatable bonds is 2. The summed E-state index contributed by atoms with van der Waals surface area (Å²) in [4.78, 5) is 0. The zero-order valence-corrected chi connectivity index (χ0v) is 11.6. The maximum absolute atomic E-state index is 10.1. The molecule has 3 heteroatoms. The number of hydrogen-bond acceptors (Lipinski definition) is 3. The van der Waals surface area contributed by atoms with Crippen LogP contribution < -0.4 is 4.74 Å². The minimum atomic E-state index is -0.289. The molecule has 0 spiro atoms. The third kappa shape index (κ3) is 1.97. The summed E-state index contributed by atoms with van der Waals surface area (Å²) in [5, 5.41) is 19.2. The van der Waals surface area contributed by atoms with Crippen LogP contribution in [0.3, 0.4) is 0 Å². The van der Waals surface area contributed by atoms with Gasteiger partial charge in [0.2, 0.25) is 0 Å². The molecule has 0 radical (unpaired) electrons. The van der Waals surface area contributed by atoms with E-state index in [-0.39, 0.29) is 12.2 Å². The largest absolute Gasteiger partial charge is 0.507 e. The molecule has 2 N–H and O–H groups in total. The molecule has 100 valence electrons. The van der Waals surface area contributed by atoms with Crippen LogP contribution >= 0.6 is 0 Å². The van der Waals surface area contributed by atoms with Gasteiger partial charge in [-0.05, 0) is 57.2 Å². The number of phenolic OH excluding ortho intramolecular Hbond substituents is 1. The number of benzene rings is 1. The lowest BCUT2D eigenvalue weighted by atomic mass is 9.86. The second kappa shape index (κ2) is 4.47. The summed E-state index contributed by atoms with van der Waals surface area (Å²) in [6.45, 7) is 8.03. The van der Waals surface area contributed by atoms with Crippen LogP contribution in [0.4, 0.5) is 0 Å². The summed E-state index contributed by atoms with van der Waals surface area (Å²) in [5.41, 5.74) is 3.66. The van der Waals surface area contributed by atoms with Gasteiger partial charge < -0.3 is 14.9 Å². The summed E-state index contributed by atoms with van der Waals surface area (Å²) in [6.07, 6.45) is 2.42. The molecule has 1 aromatic carbocycles. The molecule has 0 amide bonds. The molecule has 0 fully saturated rings. The van der Waals surface area contributed by atoms with Gasteiger partial charge >= 0.3 is 0 Å². The lowest BCUT2D eigenvalue weighted by molar-refractivity contribution is 0.0378. The number of aromatic hydroxyl groups is 1. The standard InChI is InChI=1S/C15H22O3/c1-9-10(2)14-12(11(3)13(9)17)5-6-15(4,18-14)7-8-16/h16-17H,5-8H2,1-4H3/t15-/m0/s1. The van der Waals surface area contributed by atoms with Crippen molar-refractivity contribution in [1.82, 2.24) is 0 Å². The molecule has 2 rings (SSSR count). The lowest BCUT2D eigenvalue weighted by Gasteiger charge is -2.37. The highest BCUT2D eigenvalue weighted by Crippen LogP contribution is 2.43. The van der Waals surface area contributed by atoms with Gasteiger partial charge in [-0.1, -0.05) is 0 Å². The second-order valence-electron chi connectivity index (χ2n) is 5.56. The zero-order valence-electron chi connectivity index (χ0n) is 11.6. The molecule has 18 heavy (non-hydrogen) atoms. The Bertz CT molecular complexity index is 479. The Morgan fingerprint density at radius 2 is 1.83 bits per heavy atom. The third-order valence-corrected chi connectivity index (χ3v) is 4.23. The maximum atomic E-state index is 10.1. The first-order valence-corrected chi connectivity index (χ1v) is 6.51. The van der Waals surface area contributed by atoms with Crippen molar-refractivity contribution in [1.29, 1.82) is 0 Å². The predicted molar refractivity (Wildman–Crippen MR) is 71.4 cm³/mol. The summed E-state index contributed by atoms with van der Waals surface area (Å²) in [5.74, 6) is 1.30. The molecule has 1 aromatic rings. The van der Waals surface area contributed by atoms with Gasteiger partial charge in [-0.3, -0.25) is 0 Å². The average Bonchev–Trinajstić information content (AvgIpc) is 2.34. The number of aliphatic hydroxyl groups excluding tert-OH is 1. The van der Waals surface area contributed by atoms with Gasteiger partial charge in [0, 0.05) is 18.6 Å². The fourth-order valence-corrected chi connectivity index (χ4v) is 2.71. The minimum absolute atomic E-state index is 0.140. The SMILES string of the molecule is Cc1c(C)c2c(c(C)c1O)CC[C@@](C)(CCO)O2. The molecular formula is C15H22O3. The Morgan fingerprint density at radius 1 is 1.17 bits per heavy atom. The van der Waals surface area contributed by atoms with Crippen LogP contribution in [-0.4, -0.2) is 22.4 Å². The lowest BCUT2D eigenvalue weighted by Crippen LogP contribution is -2.37. The Morgan fingerprint density at radius 3 is 2.44 bits per heavy atom. The summed E-state index contributed by atoms with van der Waals surface area (Å²) >= 11 is 0. The summed E-state index contributed by atoms with van der Waals surface area (Å²) in [6, 6.07) is 0. The van der Waals surface area contributed by atoms with Crippen molar-refractivity contribution in [2.24, 2.45) is 0 Å².